The zero-order chi connectivity index (χ0) is 15.1. The zero-order valence-electron chi connectivity index (χ0n) is 12.3. The lowest BCUT2D eigenvalue weighted by molar-refractivity contribution is -0.124. The monoisotopic (exact) mass is 293 g/mol. The van der Waals surface area contributed by atoms with E-state index in [4.69, 9.17) is 18.0 Å². The zero-order valence-corrected chi connectivity index (χ0v) is 13.1. The van der Waals surface area contributed by atoms with Crippen LogP contribution in [-0.4, -0.2) is 43.0 Å². The third kappa shape index (κ3) is 4.90. The van der Waals surface area contributed by atoms with Gasteiger partial charge in [0.2, 0.25) is 5.91 Å². The fourth-order valence-corrected chi connectivity index (χ4v) is 2.44. The van der Waals surface area contributed by atoms with Gasteiger partial charge in [0.1, 0.15) is 0 Å². The molecular weight excluding hydrogens is 270 g/mol. The first kappa shape index (κ1) is 16.6. The first-order chi connectivity index (χ1) is 9.45. The van der Waals surface area contributed by atoms with E-state index in [9.17, 15) is 4.79 Å². The molecule has 0 heterocycles. The Morgan fingerprint density at radius 1 is 1.35 bits per heavy atom. The lowest BCUT2D eigenvalue weighted by Gasteiger charge is -2.25. The molecule has 20 heavy (non-hydrogen) atoms. The molecule has 0 aliphatic rings. The quantitative estimate of drug-likeness (QED) is 0.746. The number of amides is 1. The van der Waals surface area contributed by atoms with Crippen LogP contribution in [0.2, 0.25) is 0 Å². The summed E-state index contributed by atoms with van der Waals surface area (Å²) in [6.45, 7) is 3.29. The molecular formula is C15H23N3OS. The molecule has 0 aliphatic carbocycles. The fraction of sp³-hybridized carbons (Fsp3) is 0.467. The maximum atomic E-state index is 11.5. The van der Waals surface area contributed by atoms with Gasteiger partial charge in [-0.05, 0) is 12.6 Å². The van der Waals surface area contributed by atoms with Gasteiger partial charge in [0.15, 0.2) is 0 Å². The molecule has 4 nitrogen and oxygen atoms in total. The Hall–Kier alpha value is -1.46. The van der Waals surface area contributed by atoms with E-state index >= 15 is 0 Å². The minimum atomic E-state index is -0.0623. The molecule has 0 saturated carbocycles. The molecule has 0 aromatic heterocycles. The minimum absolute atomic E-state index is 0.00749. The summed E-state index contributed by atoms with van der Waals surface area (Å²) in [5, 5.41) is 2.66. The number of hydrogen-bond acceptors (Lipinski definition) is 3. The molecule has 2 unspecified atom stereocenters. The number of carbonyl (C=O) groups is 1. The fourth-order valence-electron chi connectivity index (χ4n) is 2.23. The number of nitrogens with one attached hydrogen (secondary N) is 1. The van der Waals surface area contributed by atoms with E-state index in [0.29, 0.717) is 18.1 Å². The number of hydrogen-bond donors (Lipinski definition) is 2. The summed E-state index contributed by atoms with van der Waals surface area (Å²) >= 11 is 5.18. The van der Waals surface area contributed by atoms with E-state index in [0.717, 1.165) is 5.56 Å². The van der Waals surface area contributed by atoms with Crippen LogP contribution in [0.5, 0.6) is 0 Å². The van der Waals surface area contributed by atoms with Crippen molar-refractivity contribution >= 4 is 23.1 Å². The molecule has 0 fully saturated rings. The predicted molar refractivity (Wildman–Crippen MR) is 86.7 cm³/mol. The molecule has 0 spiro atoms. The van der Waals surface area contributed by atoms with E-state index in [-0.39, 0.29) is 17.7 Å². The van der Waals surface area contributed by atoms with Gasteiger partial charge in [-0.1, -0.05) is 49.5 Å². The van der Waals surface area contributed by atoms with Crippen LogP contribution in [0.25, 0.3) is 0 Å². The van der Waals surface area contributed by atoms with Crippen molar-refractivity contribution in [3.05, 3.63) is 35.9 Å². The van der Waals surface area contributed by atoms with Gasteiger partial charge >= 0.3 is 0 Å². The molecule has 3 N–H and O–H groups in total. The number of benzene rings is 1. The smallest absolute Gasteiger partial charge is 0.223 e. The normalized spacial score (nSPS) is 13.8. The van der Waals surface area contributed by atoms with Gasteiger partial charge in [-0.3, -0.25) is 4.79 Å². The average Bonchev–Trinajstić information content (AvgIpc) is 2.44. The molecule has 0 aliphatic heterocycles. The second kappa shape index (κ2) is 7.97. The highest BCUT2D eigenvalue weighted by molar-refractivity contribution is 7.80. The van der Waals surface area contributed by atoms with Gasteiger partial charge in [0.25, 0.3) is 0 Å². The molecule has 5 heteroatoms. The van der Waals surface area contributed by atoms with Crippen LogP contribution in [0.3, 0.4) is 0 Å². The second-order valence-corrected chi connectivity index (χ2v) is 5.57. The largest absolute Gasteiger partial charge is 0.393 e. The third-order valence-corrected chi connectivity index (χ3v) is 3.60. The number of carbonyl (C=O) groups excluding carboxylic acids is 1. The average molecular weight is 293 g/mol. The summed E-state index contributed by atoms with van der Waals surface area (Å²) < 4.78 is 0. The summed E-state index contributed by atoms with van der Waals surface area (Å²) in [6, 6.07) is 9.98. The SMILES string of the molecule is CNC(=O)C(C)CN(C)CC(C(N)=S)c1ccccc1. The number of rotatable bonds is 7. The summed E-state index contributed by atoms with van der Waals surface area (Å²) in [5.41, 5.74) is 6.97. The Kier molecular flexibility index (Phi) is 6.61. The van der Waals surface area contributed by atoms with Gasteiger partial charge in [0.05, 0.1) is 4.99 Å². The van der Waals surface area contributed by atoms with Crippen LogP contribution in [0.1, 0.15) is 18.4 Å². The Bertz CT molecular complexity index is 450. The summed E-state index contributed by atoms with van der Waals surface area (Å²) in [6.07, 6.45) is 0. The lowest BCUT2D eigenvalue weighted by Crippen LogP contribution is -2.38. The molecule has 1 aromatic carbocycles. The summed E-state index contributed by atoms with van der Waals surface area (Å²) in [7, 11) is 3.63. The first-order valence-electron chi connectivity index (χ1n) is 6.70. The Morgan fingerprint density at radius 2 is 1.95 bits per heavy atom. The van der Waals surface area contributed by atoms with Crippen LogP contribution >= 0.6 is 12.2 Å². The van der Waals surface area contributed by atoms with E-state index < -0.39 is 0 Å². The van der Waals surface area contributed by atoms with Crippen molar-refractivity contribution in [1.82, 2.24) is 10.2 Å². The van der Waals surface area contributed by atoms with E-state index in [1.165, 1.54) is 0 Å². The molecule has 110 valence electrons. The topological polar surface area (TPSA) is 58.4 Å². The standard InChI is InChI=1S/C15H23N3OS/c1-11(15(19)17-2)9-18(3)10-13(14(16)20)12-7-5-4-6-8-12/h4-8,11,13H,9-10H2,1-3H3,(H2,16,20)(H,17,19). The highest BCUT2D eigenvalue weighted by Gasteiger charge is 2.19. The van der Waals surface area contributed by atoms with Gasteiger partial charge in [0, 0.05) is 32.0 Å². The van der Waals surface area contributed by atoms with Crippen LogP contribution < -0.4 is 11.1 Å². The number of nitrogens with zero attached hydrogens (tertiary/aromatic N) is 1. The van der Waals surface area contributed by atoms with Crippen LogP contribution in [0.4, 0.5) is 0 Å². The molecule has 0 radical (unpaired) electrons. The van der Waals surface area contributed by atoms with E-state index in [1.807, 2.05) is 44.3 Å². The van der Waals surface area contributed by atoms with E-state index in [2.05, 4.69) is 10.2 Å². The van der Waals surface area contributed by atoms with Gasteiger partial charge in [-0.15, -0.1) is 0 Å². The highest BCUT2D eigenvalue weighted by atomic mass is 32.1. The molecule has 1 amide bonds. The number of likely N-dealkylation sites (N-methyl/N-ethyl adjacent to an activating group) is 1. The van der Waals surface area contributed by atoms with Crippen LogP contribution in [0, 0.1) is 5.92 Å². The van der Waals surface area contributed by atoms with Crippen LogP contribution in [-0.2, 0) is 4.79 Å². The van der Waals surface area contributed by atoms with Crippen molar-refractivity contribution < 1.29 is 4.79 Å². The third-order valence-electron chi connectivity index (χ3n) is 3.32. The van der Waals surface area contributed by atoms with Gasteiger partial charge < -0.3 is 16.0 Å². The lowest BCUT2D eigenvalue weighted by atomic mass is 9.98. The maximum absolute atomic E-state index is 11.5. The molecule has 2 atom stereocenters. The molecule has 0 bridgehead atoms. The predicted octanol–water partition coefficient (Wildman–Crippen LogP) is 1.37. The summed E-state index contributed by atoms with van der Waals surface area (Å²) in [5.74, 6) is -0.00991. The van der Waals surface area contributed by atoms with Crippen LogP contribution in [0.15, 0.2) is 30.3 Å². The second-order valence-electron chi connectivity index (χ2n) is 5.10. The van der Waals surface area contributed by atoms with Crippen molar-refractivity contribution in [2.24, 2.45) is 11.7 Å². The summed E-state index contributed by atoms with van der Waals surface area (Å²) in [4.78, 5) is 14.1. The first-order valence-corrected chi connectivity index (χ1v) is 7.11. The van der Waals surface area contributed by atoms with Crippen molar-refractivity contribution in [1.29, 1.82) is 0 Å². The van der Waals surface area contributed by atoms with Crippen molar-refractivity contribution in [2.45, 2.75) is 12.8 Å². The Morgan fingerprint density at radius 3 is 2.45 bits per heavy atom. The number of thiocarbonyl (C=S) groups is 1. The Balaban J connectivity index is 2.67. The van der Waals surface area contributed by atoms with Gasteiger partial charge in [-0.2, -0.15) is 0 Å². The van der Waals surface area contributed by atoms with E-state index in [1.54, 1.807) is 7.05 Å². The number of nitrogens with two attached hydrogens (primary N) is 1. The molecule has 1 rings (SSSR count). The molecule has 1 aromatic rings. The van der Waals surface area contributed by atoms with Crippen molar-refractivity contribution in [2.75, 3.05) is 27.2 Å². The Labute approximate surface area is 126 Å². The van der Waals surface area contributed by atoms with Gasteiger partial charge in [-0.25, -0.2) is 0 Å². The minimum Gasteiger partial charge on any atom is -0.393 e. The maximum Gasteiger partial charge on any atom is 0.223 e. The molecule has 0 saturated heterocycles. The van der Waals surface area contributed by atoms with Crippen molar-refractivity contribution in [3.8, 4) is 0 Å². The highest BCUT2D eigenvalue weighted by Crippen LogP contribution is 2.17. The van der Waals surface area contributed by atoms with Crippen molar-refractivity contribution in [3.63, 3.8) is 0 Å².